The Morgan fingerprint density at radius 1 is 1.17 bits per heavy atom. The second-order valence-corrected chi connectivity index (χ2v) is 4.80. The van der Waals surface area contributed by atoms with Crippen LogP contribution < -0.4 is 4.74 Å². The number of hydrogen-bond acceptors (Lipinski definition) is 1. The van der Waals surface area contributed by atoms with Crippen molar-refractivity contribution in [2.75, 3.05) is 0 Å². The van der Waals surface area contributed by atoms with Crippen molar-refractivity contribution in [1.29, 1.82) is 0 Å². The highest BCUT2D eigenvalue weighted by atomic mass is 79.9. The molecule has 0 saturated carbocycles. The molecule has 2 aromatic carbocycles. The zero-order valence-electron chi connectivity index (χ0n) is 9.50. The second-order valence-electron chi connectivity index (χ2n) is 3.80. The van der Waals surface area contributed by atoms with Crippen LogP contribution in [0.15, 0.2) is 42.5 Å². The van der Waals surface area contributed by atoms with Gasteiger partial charge in [-0.3, -0.25) is 0 Å². The predicted octanol–water partition coefficient (Wildman–Crippen LogP) is 4.95. The SMILES string of the molecule is Fc1ccc(OCc2cccc(Cl)c2)c(CBr)c1. The lowest BCUT2D eigenvalue weighted by Crippen LogP contribution is -1.98. The summed E-state index contributed by atoms with van der Waals surface area (Å²) in [5.41, 5.74) is 1.77. The number of hydrogen-bond donors (Lipinski definition) is 0. The first-order valence-corrected chi connectivity index (χ1v) is 6.90. The van der Waals surface area contributed by atoms with Crippen molar-refractivity contribution in [3.63, 3.8) is 0 Å². The molecule has 4 heteroatoms. The van der Waals surface area contributed by atoms with E-state index in [4.69, 9.17) is 16.3 Å². The molecule has 0 aliphatic heterocycles. The first kappa shape index (κ1) is 13.4. The minimum atomic E-state index is -0.264. The van der Waals surface area contributed by atoms with Crippen LogP contribution in [-0.2, 0) is 11.9 Å². The van der Waals surface area contributed by atoms with Gasteiger partial charge in [-0.05, 0) is 35.9 Å². The van der Waals surface area contributed by atoms with Crippen molar-refractivity contribution in [3.8, 4) is 5.75 Å². The van der Waals surface area contributed by atoms with Gasteiger partial charge in [0.05, 0.1) is 0 Å². The van der Waals surface area contributed by atoms with Gasteiger partial charge in [0.15, 0.2) is 0 Å². The van der Waals surface area contributed by atoms with Crippen molar-refractivity contribution >= 4 is 27.5 Å². The van der Waals surface area contributed by atoms with Gasteiger partial charge in [-0.2, -0.15) is 0 Å². The summed E-state index contributed by atoms with van der Waals surface area (Å²) in [5, 5.41) is 1.23. The van der Waals surface area contributed by atoms with E-state index < -0.39 is 0 Å². The van der Waals surface area contributed by atoms with E-state index >= 15 is 0 Å². The average molecular weight is 330 g/mol. The molecule has 0 amide bonds. The van der Waals surface area contributed by atoms with E-state index in [0.717, 1.165) is 11.1 Å². The van der Waals surface area contributed by atoms with Gasteiger partial charge in [0.25, 0.3) is 0 Å². The van der Waals surface area contributed by atoms with Crippen molar-refractivity contribution in [2.45, 2.75) is 11.9 Å². The van der Waals surface area contributed by atoms with E-state index in [1.807, 2.05) is 24.3 Å². The lowest BCUT2D eigenvalue weighted by Gasteiger charge is -2.10. The molecule has 0 unspecified atom stereocenters. The number of benzene rings is 2. The van der Waals surface area contributed by atoms with Crippen LogP contribution in [0.2, 0.25) is 5.02 Å². The van der Waals surface area contributed by atoms with Gasteiger partial charge in [-0.15, -0.1) is 0 Å². The predicted molar refractivity (Wildman–Crippen MR) is 74.8 cm³/mol. The lowest BCUT2D eigenvalue weighted by molar-refractivity contribution is 0.303. The molecule has 0 aromatic heterocycles. The van der Waals surface area contributed by atoms with Crippen molar-refractivity contribution in [1.82, 2.24) is 0 Å². The van der Waals surface area contributed by atoms with Crippen LogP contribution in [-0.4, -0.2) is 0 Å². The largest absolute Gasteiger partial charge is 0.489 e. The Morgan fingerprint density at radius 3 is 2.72 bits per heavy atom. The Bertz CT molecular complexity index is 545. The summed E-state index contributed by atoms with van der Waals surface area (Å²) in [5.74, 6) is 0.410. The van der Waals surface area contributed by atoms with E-state index in [2.05, 4.69) is 15.9 Å². The van der Waals surface area contributed by atoms with Gasteiger partial charge in [0, 0.05) is 15.9 Å². The number of halogens is 3. The third kappa shape index (κ3) is 3.47. The maximum Gasteiger partial charge on any atom is 0.124 e. The molecule has 18 heavy (non-hydrogen) atoms. The summed E-state index contributed by atoms with van der Waals surface area (Å²) in [6.07, 6.45) is 0. The van der Waals surface area contributed by atoms with E-state index in [0.29, 0.717) is 22.7 Å². The van der Waals surface area contributed by atoms with E-state index in [1.165, 1.54) is 12.1 Å². The molecule has 0 N–H and O–H groups in total. The van der Waals surface area contributed by atoms with Crippen LogP contribution in [0.3, 0.4) is 0 Å². The molecule has 0 fully saturated rings. The van der Waals surface area contributed by atoms with Crippen LogP contribution in [0.25, 0.3) is 0 Å². The first-order chi connectivity index (χ1) is 8.69. The van der Waals surface area contributed by atoms with Crippen LogP contribution in [0.5, 0.6) is 5.75 Å². The fraction of sp³-hybridized carbons (Fsp3) is 0.143. The highest BCUT2D eigenvalue weighted by Gasteiger charge is 2.05. The molecule has 0 heterocycles. The van der Waals surface area contributed by atoms with Crippen LogP contribution in [0.4, 0.5) is 4.39 Å². The molecular weight excluding hydrogens is 319 g/mol. The van der Waals surface area contributed by atoms with Gasteiger partial charge < -0.3 is 4.74 Å². The molecule has 0 bridgehead atoms. The van der Waals surface area contributed by atoms with Gasteiger partial charge in [-0.25, -0.2) is 4.39 Å². The number of rotatable bonds is 4. The summed E-state index contributed by atoms with van der Waals surface area (Å²) < 4.78 is 18.7. The van der Waals surface area contributed by atoms with Gasteiger partial charge >= 0.3 is 0 Å². The Kier molecular flexibility index (Phi) is 4.61. The minimum absolute atomic E-state index is 0.264. The molecular formula is C14H11BrClFO. The molecule has 0 radical (unpaired) electrons. The zero-order chi connectivity index (χ0) is 13.0. The highest BCUT2D eigenvalue weighted by molar-refractivity contribution is 9.08. The van der Waals surface area contributed by atoms with Crippen LogP contribution in [0.1, 0.15) is 11.1 Å². The molecule has 0 saturated heterocycles. The van der Waals surface area contributed by atoms with Crippen molar-refractivity contribution in [2.24, 2.45) is 0 Å². The van der Waals surface area contributed by atoms with E-state index in [1.54, 1.807) is 6.07 Å². The maximum atomic E-state index is 13.1. The topological polar surface area (TPSA) is 9.23 Å². The Balaban J connectivity index is 2.10. The third-order valence-corrected chi connectivity index (χ3v) is 3.29. The summed E-state index contributed by atoms with van der Waals surface area (Å²) in [7, 11) is 0. The normalized spacial score (nSPS) is 10.4. The Morgan fingerprint density at radius 2 is 2.00 bits per heavy atom. The smallest absolute Gasteiger partial charge is 0.124 e. The van der Waals surface area contributed by atoms with Crippen LogP contribution in [0, 0.1) is 5.82 Å². The van der Waals surface area contributed by atoms with Crippen molar-refractivity contribution < 1.29 is 9.13 Å². The second kappa shape index (κ2) is 6.21. The highest BCUT2D eigenvalue weighted by Crippen LogP contribution is 2.23. The van der Waals surface area contributed by atoms with Crippen LogP contribution >= 0.6 is 27.5 Å². The Hall–Kier alpha value is -1.06. The molecule has 2 aromatic rings. The van der Waals surface area contributed by atoms with E-state index in [-0.39, 0.29) is 5.82 Å². The summed E-state index contributed by atoms with van der Waals surface area (Å²) in [6.45, 7) is 0.409. The quantitative estimate of drug-likeness (QED) is 0.721. The third-order valence-electron chi connectivity index (χ3n) is 2.45. The summed E-state index contributed by atoms with van der Waals surface area (Å²) >= 11 is 9.21. The monoisotopic (exact) mass is 328 g/mol. The van der Waals surface area contributed by atoms with E-state index in [9.17, 15) is 4.39 Å². The summed E-state index contributed by atoms with van der Waals surface area (Å²) in [6, 6.07) is 11.9. The van der Waals surface area contributed by atoms with Gasteiger partial charge in [-0.1, -0.05) is 39.7 Å². The number of ether oxygens (including phenoxy) is 1. The standard InChI is InChI=1S/C14H11BrClFO/c15-8-11-7-13(17)4-5-14(11)18-9-10-2-1-3-12(16)6-10/h1-7H,8-9H2. The fourth-order valence-electron chi connectivity index (χ4n) is 1.58. The molecule has 2 rings (SSSR count). The zero-order valence-corrected chi connectivity index (χ0v) is 11.8. The maximum absolute atomic E-state index is 13.1. The molecule has 0 aliphatic rings. The lowest BCUT2D eigenvalue weighted by atomic mass is 10.2. The number of alkyl halides is 1. The molecule has 1 nitrogen and oxygen atoms in total. The van der Waals surface area contributed by atoms with Gasteiger partial charge in [0.1, 0.15) is 18.2 Å². The molecule has 0 spiro atoms. The van der Waals surface area contributed by atoms with Gasteiger partial charge in [0.2, 0.25) is 0 Å². The minimum Gasteiger partial charge on any atom is -0.489 e. The molecule has 94 valence electrons. The molecule has 0 atom stereocenters. The molecule has 0 aliphatic carbocycles. The summed E-state index contributed by atoms with van der Waals surface area (Å²) in [4.78, 5) is 0. The fourth-order valence-corrected chi connectivity index (χ4v) is 2.23. The first-order valence-electron chi connectivity index (χ1n) is 5.40. The Labute approximate surface area is 119 Å². The van der Waals surface area contributed by atoms with Crippen molar-refractivity contribution in [3.05, 3.63) is 64.4 Å². The average Bonchev–Trinajstić information content (AvgIpc) is 2.37.